The molecule has 1 aromatic heterocycles. The molecule has 0 saturated carbocycles. The summed E-state index contributed by atoms with van der Waals surface area (Å²) in [5.74, 6) is 0.511. The van der Waals surface area contributed by atoms with Crippen molar-refractivity contribution in [1.29, 1.82) is 0 Å². The van der Waals surface area contributed by atoms with E-state index in [0.29, 0.717) is 28.8 Å². The fourth-order valence-corrected chi connectivity index (χ4v) is 4.69. The average Bonchev–Trinajstić information content (AvgIpc) is 3.08. The Morgan fingerprint density at radius 1 is 0.939 bits per heavy atom. The lowest BCUT2D eigenvalue weighted by molar-refractivity contribution is 0.0714. The normalized spacial score (nSPS) is 15.2. The third-order valence-electron chi connectivity index (χ3n) is 6.28. The minimum atomic E-state index is -0.564. The Labute approximate surface area is 192 Å². The van der Waals surface area contributed by atoms with Crippen LogP contribution < -0.4 is 10.2 Å². The van der Waals surface area contributed by atoms with Crippen LogP contribution in [0.2, 0.25) is 0 Å². The molecule has 1 aliphatic rings. The molecule has 0 spiro atoms. The predicted octanol–water partition coefficient (Wildman–Crippen LogP) is 5.47. The van der Waals surface area contributed by atoms with Gasteiger partial charge in [0.1, 0.15) is 11.3 Å². The van der Waals surface area contributed by atoms with Gasteiger partial charge in [-0.05, 0) is 61.2 Å². The molecule has 1 unspecified atom stereocenters. The Kier molecular flexibility index (Phi) is 5.05. The lowest BCUT2D eigenvalue weighted by atomic mass is 9.97. The summed E-state index contributed by atoms with van der Waals surface area (Å²) in [6, 6.07) is 18.8. The van der Waals surface area contributed by atoms with E-state index in [0.717, 1.165) is 27.8 Å². The van der Waals surface area contributed by atoms with E-state index in [1.54, 1.807) is 12.0 Å². The van der Waals surface area contributed by atoms with Gasteiger partial charge in [0, 0.05) is 6.54 Å². The van der Waals surface area contributed by atoms with Crippen molar-refractivity contribution in [1.82, 2.24) is 4.90 Å². The number of carbonyl (C=O) groups is 1. The van der Waals surface area contributed by atoms with Crippen LogP contribution in [0.1, 0.15) is 50.0 Å². The van der Waals surface area contributed by atoms with Crippen LogP contribution in [0.5, 0.6) is 5.75 Å². The second kappa shape index (κ2) is 7.93. The van der Waals surface area contributed by atoms with Crippen molar-refractivity contribution in [2.24, 2.45) is 0 Å². The van der Waals surface area contributed by atoms with E-state index >= 15 is 0 Å². The molecular weight excluding hydrogens is 414 g/mol. The first-order valence-corrected chi connectivity index (χ1v) is 11.0. The zero-order valence-corrected chi connectivity index (χ0v) is 19.1. The number of fused-ring (bicyclic) bond motifs is 2. The number of nitrogens with zero attached hydrogens (tertiary/aromatic N) is 1. The molecule has 5 heteroatoms. The van der Waals surface area contributed by atoms with Crippen molar-refractivity contribution in [2.45, 2.75) is 33.4 Å². The van der Waals surface area contributed by atoms with Crippen LogP contribution in [-0.2, 0) is 6.54 Å². The molecule has 0 saturated heterocycles. The minimum absolute atomic E-state index is 0.124. The Morgan fingerprint density at radius 3 is 2.42 bits per heavy atom. The molecule has 3 aromatic carbocycles. The van der Waals surface area contributed by atoms with Crippen molar-refractivity contribution in [3.8, 4) is 5.75 Å². The summed E-state index contributed by atoms with van der Waals surface area (Å²) in [5, 5.41) is 0.504. The summed E-state index contributed by atoms with van der Waals surface area (Å²) >= 11 is 0. The fourth-order valence-electron chi connectivity index (χ4n) is 4.69. The maximum Gasteiger partial charge on any atom is 0.291 e. The number of ether oxygens (including phenoxy) is 1. The Bertz CT molecular complexity index is 1450. The topological polar surface area (TPSA) is 59.8 Å². The Morgan fingerprint density at radius 2 is 1.70 bits per heavy atom. The van der Waals surface area contributed by atoms with Crippen molar-refractivity contribution in [3.63, 3.8) is 0 Å². The highest BCUT2D eigenvalue weighted by Gasteiger charge is 2.43. The van der Waals surface area contributed by atoms with E-state index in [2.05, 4.69) is 0 Å². The SMILES string of the molecule is COc1cccc(C2c3c(oc4c(C)cc(C)cc4c3=O)C(=O)N2Cc2ccc(C)cc2)c1. The highest BCUT2D eigenvalue weighted by molar-refractivity contribution is 5.99. The highest BCUT2D eigenvalue weighted by atomic mass is 16.5. The largest absolute Gasteiger partial charge is 0.497 e. The first-order chi connectivity index (χ1) is 15.9. The molecule has 4 aromatic rings. The second-order valence-electron chi connectivity index (χ2n) is 8.73. The zero-order valence-electron chi connectivity index (χ0n) is 19.1. The van der Waals surface area contributed by atoms with Gasteiger partial charge >= 0.3 is 0 Å². The summed E-state index contributed by atoms with van der Waals surface area (Å²) in [5.41, 5.74) is 5.46. The third kappa shape index (κ3) is 3.50. The van der Waals surface area contributed by atoms with Gasteiger partial charge in [-0.15, -0.1) is 0 Å². The average molecular weight is 440 g/mol. The second-order valence-corrected chi connectivity index (χ2v) is 8.73. The standard InChI is InChI=1S/C28H25NO4/c1-16-8-10-19(11-9-16)15-29-24(20-6-5-7-21(14-20)32-4)23-25(30)22-13-17(2)12-18(3)26(22)33-27(23)28(29)31/h5-14,24H,15H2,1-4H3. The summed E-state index contributed by atoms with van der Waals surface area (Å²) < 4.78 is 11.6. The maximum atomic E-state index is 13.8. The van der Waals surface area contributed by atoms with Crippen LogP contribution >= 0.6 is 0 Å². The number of aryl methyl sites for hydroxylation is 3. The molecule has 5 rings (SSSR count). The van der Waals surface area contributed by atoms with E-state index < -0.39 is 6.04 Å². The molecule has 0 radical (unpaired) electrons. The van der Waals surface area contributed by atoms with E-state index in [1.165, 1.54) is 0 Å². The van der Waals surface area contributed by atoms with Crippen molar-refractivity contribution < 1.29 is 13.9 Å². The first kappa shape index (κ1) is 21.0. The molecule has 1 atom stereocenters. The van der Waals surface area contributed by atoms with Gasteiger partial charge in [-0.2, -0.15) is 0 Å². The molecule has 0 bridgehead atoms. The third-order valence-corrected chi connectivity index (χ3v) is 6.28. The first-order valence-electron chi connectivity index (χ1n) is 11.0. The molecule has 1 aliphatic heterocycles. The molecule has 1 amide bonds. The molecule has 0 fully saturated rings. The zero-order chi connectivity index (χ0) is 23.3. The van der Waals surface area contributed by atoms with Crippen LogP contribution in [0.15, 0.2) is 69.9 Å². The number of hydrogen-bond donors (Lipinski definition) is 0. The summed E-state index contributed by atoms with van der Waals surface area (Å²) in [7, 11) is 1.60. The number of benzene rings is 3. The van der Waals surface area contributed by atoms with Gasteiger partial charge in [0.25, 0.3) is 5.91 Å². The lowest BCUT2D eigenvalue weighted by Crippen LogP contribution is -2.29. The van der Waals surface area contributed by atoms with Gasteiger partial charge in [0.05, 0.1) is 24.1 Å². The van der Waals surface area contributed by atoms with Crippen LogP contribution in [0.3, 0.4) is 0 Å². The van der Waals surface area contributed by atoms with Crippen molar-refractivity contribution >= 4 is 16.9 Å². The van der Waals surface area contributed by atoms with Crippen molar-refractivity contribution in [3.05, 3.63) is 110 Å². The van der Waals surface area contributed by atoms with Crippen LogP contribution in [0, 0.1) is 20.8 Å². The lowest BCUT2D eigenvalue weighted by Gasteiger charge is -2.25. The predicted molar refractivity (Wildman–Crippen MR) is 128 cm³/mol. The minimum Gasteiger partial charge on any atom is -0.497 e. The summed E-state index contributed by atoms with van der Waals surface area (Å²) in [6.45, 7) is 6.23. The highest BCUT2D eigenvalue weighted by Crippen LogP contribution is 2.40. The van der Waals surface area contributed by atoms with Gasteiger partial charge < -0.3 is 14.1 Å². The van der Waals surface area contributed by atoms with Gasteiger partial charge in [-0.1, -0.05) is 48.0 Å². The smallest absolute Gasteiger partial charge is 0.291 e. The molecular formula is C28H25NO4. The van der Waals surface area contributed by atoms with Gasteiger partial charge in [-0.25, -0.2) is 0 Å². The van der Waals surface area contributed by atoms with Crippen LogP contribution in [0.25, 0.3) is 11.0 Å². The van der Waals surface area contributed by atoms with Gasteiger partial charge in [0.2, 0.25) is 5.76 Å². The van der Waals surface area contributed by atoms with Gasteiger partial charge in [-0.3, -0.25) is 9.59 Å². The number of methoxy groups -OCH3 is 1. The molecule has 33 heavy (non-hydrogen) atoms. The monoisotopic (exact) mass is 439 g/mol. The molecule has 2 heterocycles. The maximum absolute atomic E-state index is 13.8. The summed E-state index contributed by atoms with van der Waals surface area (Å²) in [4.78, 5) is 29.1. The van der Waals surface area contributed by atoms with E-state index in [1.807, 2.05) is 81.4 Å². The number of rotatable bonds is 4. The molecule has 5 nitrogen and oxygen atoms in total. The molecule has 0 aliphatic carbocycles. The van der Waals surface area contributed by atoms with Crippen molar-refractivity contribution in [2.75, 3.05) is 7.11 Å². The number of amides is 1. The number of hydrogen-bond acceptors (Lipinski definition) is 4. The van der Waals surface area contributed by atoms with Crippen LogP contribution in [-0.4, -0.2) is 17.9 Å². The summed E-state index contributed by atoms with van der Waals surface area (Å²) in [6.07, 6.45) is 0. The quantitative estimate of drug-likeness (QED) is 0.423. The fraction of sp³-hybridized carbons (Fsp3) is 0.214. The van der Waals surface area contributed by atoms with Gasteiger partial charge in [0.15, 0.2) is 5.43 Å². The Balaban J connectivity index is 1.75. The van der Waals surface area contributed by atoms with Crippen LogP contribution in [0.4, 0.5) is 0 Å². The van der Waals surface area contributed by atoms with E-state index in [4.69, 9.17) is 9.15 Å². The molecule has 166 valence electrons. The Hall–Kier alpha value is -3.86. The van der Waals surface area contributed by atoms with E-state index in [-0.39, 0.29) is 17.1 Å². The molecule has 0 N–H and O–H groups in total. The van der Waals surface area contributed by atoms with E-state index in [9.17, 15) is 9.59 Å². The number of carbonyl (C=O) groups excluding carboxylic acids is 1.